The Hall–Kier alpha value is -1.56. The zero-order valence-corrected chi connectivity index (χ0v) is 17.5. The largest absolute Gasteiger partial charge is 0.382 e. The van der Waals surface area contributed by atoms with Gasteiger partial charge in [0.05, 0.1) is 5.75 Å². The quantitative estimate of drug-likeness (QED) is 0.532. The maximum absolute atomic E-state index is 13.0. The first-order valence-electron chi connectivity index (χ1n) is 9.55. The van der Waals surface area contributed by atoms with Crippen LogP contribution in [0.4, 0.5) is 0 Å². The van der Waals surface area contributed by atoms with Crippen molar-refractivity contribution in [3.05, 3.63) is 29.8 Å². The molecule has 26 heavy (non-hydrogen) atoms. The maximum Gasteiger partial charge on any atom is 0.308 e. The zero-order valence-electron chi connectivity index (χ0n) is 16.7. The van der Waals surface area contributed by atoms with Gasteiger partial charge in [0.25, 0.3) is 0 Å². The molecule has 0 bridgehead atoms. The highest BCUT2D eigenvalue weighted by Crippen LogP contribution is 2.22. The molecule has 0 aliphatic carbocycles. The topological polar surface area (TPSA) is 63.7 Å². The lowest BCUT2D eigenvalue weighted by atomic mass is 9.97. The zero-order chi connectivity index (χ0) is 19.7. The second kappa shape index (κ2) is 10.6. The minimum atomic E-state index is -3.56. The van der Waals surface area contributed by atoms with Crippen LogP contribution in [0.15, 0.2) is 24.3 Å². The molecule has 0 fully saturated rings. The summed E-state index contributed by atoms with van der Waals surface area (Å²) in [4.78, 5) is 14.9. The molecule has 148 valence electrons. The normalized spacial score (nSPS) is 12.8. The molecule has 0 spiro atoms. The first kappa shape index (κ1) is 22.5. The second-order valence-electron chi connectivity index (χ2n) is 6.88. The molecule has 1 amide bonds. The first-order valence-corrected chi connectivity index (χ1v) is 11.1. The second-order valence-corrected chi connectivity index (χ2v) is 8.74. The summed E-state index contributed by atoms with van der Waals surface area (Å²) in [6, 6.07) is 7.04. The highest BCUT2D eigenvalue weighted by Gasteiger charge is 2.24. The van der Waals surface area contributed by atoms with Gasteiger partial charge in [0.15, 0.2) is 0 Å². The van der Waals surface area contributed by atoms with Crippen LogP contribution in [0.1, 0.15) is 65.9 Å². The summed E-state index contributed by atoms with van der Waals surface area (Å²) in [7, 11) is -3.56. The van der Waals surface area contributed by atoms with Gasteiger partial charge in [-0.05, 0) is 51.3 Å². The molecule has 1 atom stereocenters. The van der Waals surface area contributed by atoms with E-state index >= 15 is 0 Å². The van der Waals surface area contributed by atoms with Crippen LogP contribution in [-0.4, -0.2) is 31.0 Å². The molecule has 0 saturated carbocycles. The summed E-state index contributed by atoms with van der Waals surface area (Å²) >= 11 is 0. The van der Waals surface area contributed by atoms with E-state index in [9.17, 15) is 13.2 Å². The number of unbranched alkanes of at least 4 members (excludes halogenated alkanes) is 1. The van der Waals surface area contributed by atoms with Gasteiger partial charge in [0.2, 0.25) is 5.91 Å². The van der Waals surface area contributed by atoms with E-state index in [1.54, 1.807) is 25.1 Å². The number of benzene rings is 1. The van der Waals surface area contributed by atoms with Crippen molar-refractivity contribution in [3.63, 3.8) is 0 Å². The standard InChI is InChI=1S/C20H33NO4S/c1-6-9-12-18(7-2)20(22)21(16(4)5)15-17-11-10-13-19(14-17)25-26(23,24)8-3/h10-11,13-14,16,18H,6-9,12,15H2,1-5H3/t18-/m1/s1. The summed E-state index contributed by atoms with van der Waals surface area (Å²) in [5, 5.41) is 0. The molecule has 0 aliphatic heterocycles. The average Bonchev–Trinajstić information content (AvgIpc) is 2.59. The predicted molar refractivity (Wildman–Crippen MR) is 106 cm³/mol. The third-order valence-electron chi connectivity index (χ3n) is 4.48. The summed E-state index contributed by atoms with van der Waals surface area (Å²) in [6.07, 6.45) is 3.87. The van der Waals surface area contributed by atoms with Gasteiger partial charge in [-0.1, -0.05) is 38.8 Å². The number of hydrogen-bond acceptors (Lipinski definition) is 4. The van der Waals surface area contributed by atoms with E-state index in [4.69, 9.17) is 4.18 Å². The van der Waals surface area contributed by atoms with Crippen LogP contribution in [0, 0.1) is 5.92 Å². The molecule has 0 radical (unpaired) electrons. The third-order valence-corrected chi connectivity index (χ3v) is 5.64. The van der Waals surface area contributed by atoms with Crippen LogP contribution in [0.5, 0.6) is 5.75 Å². The van der Waals surface area contributed by atoms with Gasteiger partial charge < -0.3 is 9.08 Å². The van der Waals surface area contributed by atoms with Crippen LogP contribution in [0.3, 0.4) is 0 Å². The lowest BCUT2D eigenvalue weighted by molar-refractivity contribution is -0.138. The molecule has 1 aromatic rings. The van der Waals surface area contributed by atoms with Crippen molar-refractivity contribution >= 4 is 16.0 Å². The van der Waals surface area contributed by atoms with Crippen LogP contribution in [0.2, 0.25) is 0 Å². The lowest BCUT2D eigenvalue weighted by Crippen LogP contribution is -2.40. The van der Waals surface area contributed by atoms with Crippen molar-refractivity contribution in [2.45, 2.75) is 72.9 Å². The van der Waals surface area contributed by atoms with Crippen LogP contribution < -0.4 is 4.18 Å². The number of nitrogens with zero attached hydrogens (tertiary/aromatic N) is 1. The Labute approximate surface area is 158 Å². The minimum Gasteiger partial charge on any atom is -0.382 e. The molecule has 0 N–H and O–H groups in total. The van der Waals surface area contributed by atoms with E-state index in [1.807, 2.05) is 24.8 Å². The number of carbonyl (C=O) groups is 1. The Bertz CT molecular complexity index is 670. The van der Waals surface area contributed by atoms with Gasteiger partial charge in [-0.2, -0.15) is 8.42 Å². The summed E-state index contributed by atoms with van der Waals surface area (Å²) < 4.78 is 28.4. The molecule has 0 aromatic heterocycles. The number of hydrogen-bond donors (Lipinski definition) is 0. The predicted octanol–water partition coefficient (Wildman–Crippen LogP) is 4.37. The Morgan fingerprint density at radius 1 is 1.19 bits per heavy atom. The van der Waals surface area contributed by atoms with Gasteiger partial charge in [-0.15, -0.1) is 0 Å². The van der Waals surface area contributed by atoms with E-state index in [-0.39, 0.29) is 23.6 Å². The summed E-state index contributed by atoms with van der Waals surface area (Å²) in [5.41, 5.74) is 0.862. The Balaban J connectivity index is 2.95. The fraction of sp³-hybridized carbons (Fsp3) is 0.650. The monoisotopic (exact) mass is 383 g/mol. The van der Waals surface area contributed by atoms with Crippen molar-refractivity contribution in [1.82, 2.24) is 4.90 Å². The van der Waals surface area contributed by atoms with Crippen molar-refractivity contribution in [2.75, 3.05) is 5.75 Å². The first-order chi connectivity index (χ1) is 12.2. The third kappa shape index (κ3) is 6.98. The fourth-order valence-electron chi connectivity index (χ4n) is 2.80. The molecule has 1 rings (SSSR count). The molecule has 0 saturated heterocycles. The molecule has 0 unspecified atom stereocenters. The fourth-order valence-corrected chi connectivity index (χ4v) is 3.31. The van der Waals surface area contributed by atoms with E-state index in [1.165, 1.54) is 0 Å². The highest BCUT2D eigenvalue weighted by atomic mass is 32.2. The lowest BCUT2D eigenvalue weighted by Gasteiger charge is -2.30. The van der Waals surface area contributed by atoms with Crippen molar-refractivity contribution < 1.29 is 17.4 Å². The Kier molecular flexibility index (Phi) is 9.13. The van der Waals surface area contributed by atoms with E-state index in [0.29, 0.717) is 12.3 Å². The maximum atomic E-state index is 13.0. The number of amides is 1. The molecule has 6 heteroatoms. The summed E-state index contributed by atoms with van der Waals surface area (Å²) in [5.74, 6) is 0.419. The Morgan fingerprint density at radius 3 is 2.42 bits per heavy atom. The van der Waals surface area contributed by atoms with Crippen molar-refractivity contribution in [1.29, 1.82) is 0 Å². The number of carbonyl (C=O) groups excluding carboxylic acids is 1. The molecule has 0 aliphatic rings. The SMILES string of the molecule is CCCC[C@@H](CC)C(=O)N(Cc1cccc(OS(=O)(=O)CC)c1)C(C)C. The van der Waals surface area contributed by atoms with Gasteiger partial charge in [-0.25, -0.2) is 0 Å². The number of rotatable bonds is 11. The van der Waals surface area contributed by atoms with Gasteiger partial charge in [0.1, 0.15) is 5.75 Å². The van der Waals surface area contributed by atoms with Crippen LogP contribution in [-0.2, 0) is 21.5 Å². The van der Waals surface area contributed by atoms with Crippen LogP contribution >= 0.6 is 0 Å². The Morgan fingerprint density at radius 2 is 1.88 bits per heavy atom. The molecule has 5 nitrogen and oxygen atoms in total. The van der Waals surface area contributed by atoms with Crippen LogP contribution in [0.25, 0.3) is 0 Å². The van der Waals surface area contributed by atoms with E-state index in [0.717, 1.165) is 31.2 Å². The van der Waals surface area contributed by atoms with Gasteiger partial charge >= 0.3 is 10.1 Å². The van der Waals surface area contributed by atoms with Crippen molar-refractivity contribution in [2.24, 2.45) is 5.92 Å². The average molecular weight is 384 g/mol. The molecule has 0 heterocycles. The molecular weight excluding hydrogens is 350 g/mol. The highest BCUT2D eigenvalue weighted by molar-refractivity contribution is 7.87. The van der Waals surface area contributed by atoms with Gasteiger partial charge in [-0.3, -0.25) is 4.79 Å². The molecule has 1 aromatic carbocycles. The smallest absolute Gasteiger partial charge is 0.308 e. The minimum absolute atomic E-state index is 0.0391. The van der Waals surface area contributed by atoms with Gasteiger partial charge in [0, 0.05) is 18.5 Å². The van der Waals surface area contributed by atoms with E-state index in [2.05, 4.69) is 13.8 Å². The van der Waals surface area contributed by atoms with E-state index < -0.39 is 10.1 Å². The molecular formula is C20H33NO4S. The van der Waals surface area contributed by atoms with Crippen molar-refractivity contribution in [3.8, 4) is 5.75 Å². The summed E-state index contributed by atoms with van der Waals surface area (Å²) in [6.45, 7) is 10.2.